The Hall–Kier alpha value is -2.10. The van der Waals surface area contributed by atoms with Crippen molar-refractivity contribution in [2.75, 3.05) is 6.61 Å². The molecular weight excluding hydrogens is 254 g/mol. The first-order chi connectivity index (χ1) is 9.76. The lowest BCUT2D eigenvalue weighted by atomic mass is 9.96. The van der Waals surface area contributed by atoms with Crippen LogP contribution in [0.25, 0.3) is 0 Å². The van der Waals surface area contributed by atoms with Crippen LogP contribution in [0.2, 0.25) is 0 Å². The molecule has 0 fully saturated rings. The van der Waals surface area contributed by atoms with Gasteiger partial charge < -0.3 is 9.57 Å². The summed E-state index contributed by atoms with van der Waals surface area (Å²) in [7, 11) is 0. The molecule has 20 heavy (non-hydrogen) atoms. The Morgan fingerprint density at radius 1 is 1.35 bits per heavy atom. The van der Waals surface area contributed by atoms with Crippen LogP contribution in [0.15, 0.2) is 47.1 Å². The maximum absolute atomic E-state index is 11.7. The monoisotopic (exact) mass is 273 g/mol. The summed E-state index contributed by atoms with van der Waals surface area (Å²) >= 11 is 0. The Kier molecular flexibility index (Phi) is 4.93. The van der Waals surface area contributed by atoms with Crippen molar-refractivity contribution in [1.29, 1.82) is 0 Å². The molecule has 0 aliphatic carbocycles. The molecule has 0 radical (unpaired) electrons. The number of carbonyl (C=O) groups excluding carboxylic acids is 1. The Morgan fingerprint density at radius 3 is 2.75 bits per heavy atom. The van der Waals surface area contributed by atoms with E-state index in [1.807, 2.05) is 30.3 Å². The van der Waals surface area contributed by atoms with Gasteiger partial charge in [-0.25, -0.2) is 4.79 Å². The fraction of sp³-hybridized carbons (Fsp3) is 0.375. The highest BCUT2D eigenvalue weighted by Gasteiger charge is 2.28. The molecule has 2 rings (SSSR count). The summed E-state index contributed by atoms with van der Waals surface area (Å²) in [5, 5.41) is 4.14. The molecule has 1 aromatic rings. The summed E-state index contributed by atoms with van der Waals surface area (Å²) in [6.07, 6.45) is 3.12. The zero-order valence-electron chi connectivity index (χ0n) is 11.8. The van der Waals surface area contributed by atoms with E-state index in [0.29, 0.717) is 6.61 Å². The van der Waals surface area contributed by atoms with Crippen LogP contribution in [0.3, 0.4) is 0 Å². The molecule has 1 atom stereocenters. The van der Waals surface area contributed by atoms with Crippen LogP contribution in [0, 0.1) is 0 Å². The van der Waals surface area contributed by atoms with Gasteiger partial charge in [0, 0.05) is 17.2 Å². The van der Waals surface area contributed by atoms with Crippen molar-refractivity contribution in [2.45, 2.75) is 32.8 Å². The number of nitrogens with zero attached hydrogens (tertiary/aromatic N) is 1. The van der Waals surface area contributed by atoms with E-state index in [1.165, 1.54) is 6.08 Å². The maximum atomic E-state index is 11.7. The molecule has 106 valence electrons. The second-order valence-electron chi connectivity index (χ2n) is 4.54. The van der Waals surface area contributed by atoms with Gasteiger partial charge in [0.15, 0.2) is 6.10 Å². The van der Waals surface area contributed by atoms with Crippen LogP contribution in [0.4, 0.5) is 0 Å². The summed E-state index contributed by atoms with van der Waals surface area (Å²) < 4.78 is 4.99. The molecule has 0 N–H and O–H groups in total. The van der Waals surface area contributed by atoms with E-state index in [9.17, 15) is 4.79 Å². The topological polar surface area (TPSA) is 47.9 Å². The van der Waals surface area contributed by atoms with Crippen LogP contribution in [0.1, 0.15) is 32.3 Å². The summed E-state index contributed by atoms with van der Waals surface area (Å²) in [4.78, 5) is 17.2. The van der Waals surface area contributed by atoms with Crippen molar-refractivity contribution in [3.8, 4) is 0 Å². The second-order valence-corrected chi connectivity index (χ2v) is 4.54. The molecular formula is C16H19NO3. The number of ether oxygens (including phenoxy) is 1. The first kappa shape index (κ1) is 14.3. The van der Waals surface area contributed by atoms with Gasteiger partial charge in [0.2, 0.25) is 0 Å². The average Bonchev–Trinajstić information content (AvgIpc) is 2.83. The lowest BCUT2D eigenvalue weighted by Crippen LogP contribution is -2.15. The van der Waals surface area contributed by atoms with Gasteiger partial charge in [0.25, 0.3) is 0 Å². The highest BCUT2D eigenvalue weighted by atomic mass is 16.6. The number of esters is 1. The molecule has 1 unspecified atom stereocenters. The van der Waals surface area contributed by atoms with Gasteiger partial charge >= 0.3 is 5.97 Å². The third-order valence-electron chi connectivity index (χ3n) is 3.05. The van der Waals surface area contributed by atoms with Crippen molar-refractivity contribution in [1.82, 2.24) is 0 Å². The van der Waals surface area contributed by atoms with E-state index in [0.717, 1.165) is 29.7 Å². The fourth-order valence-electron chi connectivity index (χ4n) is 2.14. The smallest absolute Gasteiger partial charge is 0.331 e. The minimum atomic E-state index is -0.349. The SMILES string of the molecule is CCCC1ON=C(c2ccccc2)/C1=C/C(=O)OCC. The Bertz CT molecular complexity index is 520. The summed E-state index contributed by atoms with van der Waals surface area (Å²) in [6, 6.07) is 9.73. The third kappa shape index (κ3) is 3.26. The Labute approximate surface area is 119 Å². The molecule has 0 spiro atoms. The molecule has 0 saturated heterocycles. The minimum Gasteiger partial charge on any atom is -0.463 e. The lowest BCUT2D eigenvalue weighted by molar-refractivity contribution is -0.137. The van der Waals surface area contributed by atoms with Gasteiger partial charge in [-0.2, -0.15) is 0 Å². The van der Waals surface area contributed by atoms with Gasteiger partial charge in [-0.15, -0.1) is 0 Å². The minimum absolute atomic E-state index is 0.167. The largest absolute Gasteiger partial charge is 0.463 e. The van der Waals surface area contributed by atoms with Crippen LogP contribution < -0.4 is 0 Å². The van der Waals surface area contributed by atoms with Gasteiger partial charge in [-0.3, -0.25) is 0 Å². The summed E-state index contributed by atoms with van der Waals surface area (Å²) in [5.74, 6) is -0.349. The molecule has 0 saturated carbocycles. The summed E-state index contributed by atoms with van der Waals surface area (Å²) in [6.45, 7) is 4.23. The van der Waals surface area contributed by atoms with E-state index in [4.69, 9.17) is 9.57 Å². The standard InChI is InChI=1S/C16H19NO3/c1-3-8-14-13(11-15(18)19-4-2)16(17-20-14)12-9-6-5-7-10-12/h5-7,9-11,14H,3-4,8H2,1-2H3/b13-11+. The van der Waals surface area contributed by atoms with Gasteiger partial charge in [0.05, 0.1) is 6.61 Å². The fourth-order valence-corrected chi connectivity index (χ4v) is 2.14. The van der Waals surface area contributed by atoms with E-state index in [-0.39, 0.29) is 12.1 Å². The molecule has 1 aliphatic heterocycles. The quantitative estimate of drug-likeness (QED) is 0.612. The zero-order chi connectivity index (χ0) is 14.4. The van der Waals surface area contributed by atoms with Crippen LogP contribution >= 0.6 is 0 Å². The number of oxime groups is 1. The van der Waals surface area contributed by atoms with Gasteiger partial charge in [0.1, 0.15) is 5.71 Å². The summed E-state index contributed by atoms with van der Waals surface area (Å²) in [5.41, 5.74) is 2.47. The Morgan fingerprint density at radius 2 is 2.10 bits per heavy atom. The van der Waals surface area contributed by atoms with Crippen molar-refractivity contribution < 1.29 is 14.4 Å². The van der Waals surface area contributed by atoms with Crippen molar-refractivity contribution in [3.63, 3.8) is 0 Å². The Balaban J connectivity index is 2.29. The molecule has 4 heteroatoms. The lowest BCUT2D eigenvalue weighted by Gasteiger charge is -2.10. The van der Waals surface area contributed by atoms with Crippen molar-refractivity contribution in [3.05, 3.63) is 47.5 Å². The molecule has 0 bridgehead atoms. The number of carbonyl (C=O) groups is 1. The molecule has 1 aromatic carbocycles. The number of hydrogen-bond acceptors (Lipinski definition) is 4. The van der Waals surface area contributed by atoms with Gasteiger partial charge in [-0.05, 0) is 13.3 Å². The van der Waals surface area contributed by atoms with Crippen LogP contribution in [0.5, 0.6) is 0 Å². The molecule has 1 heterocycles. The number of benzene rings is 1. The third-order valence-corrected chi connectivity index (χ3v) is 3.05. The van der Waals surface area contributed by atoms with Crippen LogP contribution in [-0.4, -0.2) is 24.4 Å². The first-order valence-corrected chi connectivity index (χ1v) is 6.94. The highest BCUT2D eigenvalue weighted by molar-refractivity contribution is 6.15. The van der Waals surface area contributed by atoms with Gasteiger partial charge in [-0.1, -0.05) is 48.8 Å². The van der Waals surface area contributed by atoms with E-state index < -0.39 is 0 Å². The predicted molar refractivity (Wildman–Crippen MR) is 77.5 cm³/mol. The predicted octanol–water partition coefficient (Wildman–Crippen LogP) is 3.08. The first-order valence-electron chi connectivity index (χ1n) is 6.94. The maximum Gasteiger partial charge on any atom is 0.331 e. The van der Waals surface area contributed by atoms with E-state index >= 15 is 0 Å². The normalized spacial score (nSPS) is 19.6. The number of rotatable bonds is 5. The van der Waals surface area contributed by atoms with Crippen molar-refractivity contribution in [2.24, 2.45) is 5.16 Å². The molecule has 0 amide bonds. The highest BCUT2D eigenvalue weighted by Crippen LogP contribution is 2.25. The van der Waals surface area contributed by atoms with Crippen LogP contribution in [-0.2, 0) is 14.4 Å². The van der Waals surface area contributed by atoms with E-state index in [2.05, 4.69) is 12.1 Å². The van der Waals surface area contributed by atoms with Crippen molar-refractivity contribution >= 4 is 11.7 Å². The molecule has 1 aliphatic rings. The molecule has 4 nitrogen and oxygen atoms in total. The second kappa shape index (κ2) is 6.89. The average molecular weight is 273 g/mol. The van der Waals surface area contributed by atoms with E-state index in [1.54, 1.807) is 6.92 Å². The zero-order valence-corrected chi connectivity index (χ0v) is 11.8. The molecule has 0 aromatic heterocycles. The number of hydrogen-bond donors (Lipinski definition) is 0.